The van der Waals surface area contributed by atoms with Crippen LogP contribution in [0.25, 0.3) is 0 Å². The van der Waals surface area contributed by atoms with Gasteiger partial charge in [-0.1, -0.05) is 30.3 Å². The lowest BCUT2D eigenvalue weighted by Crippen LogP contribution is -2.64. The van der Waals surface area contributed by atoms with E-state index in [1.54, 1.807) is 12.1 Å². The molecule has 2 saturated heterocycles. The number of benzene rings is 2. The number of para-hydroxylation sites is 1. The molecule has 0 radical (unpaired) electrons. The maximum absolute atomic E-state index is 13.5. The Hall–Kier alpha value is -3.30. The van der Waals surface area contributed by atoms with Crippen molar-refractivity contribution in [3.05, 3.63) is 59.7 Å². The van der Waals surface area contributed by atoms with Gasteiger partial charge in [-0.15, -0.1) is 0 Å². The van der Waals surface area contributed by atoms with Crippen molar-refractivity contribution >= 4 is 17.7 Å². The molecule has 9 nitrogen and oxygen atoms in total. The third kappa shape index (κ3) is 5.38. The van der Waals surface area contributed by atoms with Crippen molar-refractivity contribution < 1.29 is 19.8 Å². The maximum Gasteiger partial charge on any atom is 0.322 e. The Balaban J connectivity index is 1.26. The number of likely N-dealkylation sites (N-methyl/N-ethyl adjacent to an activating group) is 1. The summed E-state index contributed by atoms with van der Waals surface area (Å²) < 4.78 is 0. The molecule has 4 amide bonds. The van der Waals surface area contributed by atoms with E-state index in [1.165, 1.54) is 0 Å². The second-order valence-electron chi connectivity index (χ2n) is 10.7. The molecule has 3 aliphatic rings. The van der Waals surface area contributed by atoms with Crippen LogP contribution in [0, 0.1) is 0 Å². The topological polar surface area (TPSA) is 108 Å². The molecule has 0 aliphatic carbocycles. The van der Waals surface area contributed by atoms with E-state index in [0.717, 1.165) is 36.2 Å². The first-order valence-electron chi connectivity index (χ1n) is 13.2. The molecule has 0 bridgehead atoms. The fourth-order valence-electron chi connectivity index (χ4n) is 5.99. The summed E-state index contributed by atoms with van der Waals surface area (Å²) >= 11 is 0. The number of carbonyl (C=O) groups is 2. The molecule has 37 heavy (non-hydrogen) atoms. The van der Waals surface area contributed by atoms with Crippen LogP contribution >= 0.6 is 0 Å². The average molecular weight is 508 g/mol. The van der Waals surface area contributed by atoms with Crippen molar-refractivity contribution in [2.75, 3.05) is 32.0 Å². The zero-order valence-corrected chi connectivity index (χ0v) is 21.4. The number of anilines is 1. The Kier molecular flexibility index (Phi) is 7.26. The van der Waals surface area contributed by atoms with Crippen LogP contribution in [-0.4, -0.2) is 81.5 Å². The summed E-state index contributed by atoms with van der Waals surface area (Å²) in [5.41, 5.74) is 2.07. The van der Waals surface area contributed by atoms with E-state index in [1.807, 2.05) is 58.1 Å². The number of carbonyl (C=O) groups excluding carboxylic acids is 2. The van der Waals surface area contributed by atoms with E-state index in [4.69, 9.17) is 0 Å². The summed E-state index contributed by atoms with van der Waals surface area (Å²) in [5.74, 6) is 0.189. The molecular weight excluding hydrogens is 470 g/mol. The van der Waals surface area contributed by atoms with Crippen molar-refractivity contribution in [1.29, 1.82) is 0 Å². The lowest BCUT2D eigenvalue weighted by atomic mass is 9.84. The summed E-state index contributed by atoms with van der Waals surface area (Å²) in [7, 11) is 1.89. The third-order valence-corrected chi connectivity index (χ3v) is 8.16. The van der Waals surface area contributed by atoms with Gasteiger partial charge in [0, 0.05) is 37.9 Å². The minimum Gasteiger partial charge on any atom is -0.508 e. The summed E-state index contributed by atoms with van der Waals surface area (Å²) in [6.45, 7) is 2.43. The first-order valence-corrected chi connectivity index (χ1v) is 13.2. The molecule has 3 heterocycles. The van der Waals surface area contributed by atoms with Gasteiger partial charge in [0.25, 0.3) is 0 Å². The van der Waals surface area contributed by atoms with E-state index >= 15 is 0 Å². The lowest BCUT2D eigenvalue weighted by molar-refractivity contribution is -0.0447. The summed E-state index contributed by atoms with van der Waals surface area (Å²) in [4.78, 5) is 31.9. The van der Waals surface area contributed by atoms with E-state index in [9.17, 15) is 19.8 Å². The van der Waals surface area contributed by atoms with E-state index < -0.39 is 11.8 Å². The number of aliphatic hydroxyl groups excluding tert-OH is 1. The predicted octanol–water partition coefficient (Wildman–Crippen LogP) is 3.33. The van der Waals surface area contributed by atoms with Crippen molar-refractivity contribution in [2.24, 2.45) is 0 Å². The van der Waals surface area contributed by atoms with Crippen molar-refractivity contribution in [3.8, 4) is 5.75 Å². The fraction of sp³-hybridized carbons (Fsp3) is 0.500. The first kappa shape index (κ1) is 25.4. The van der Waals surface area contributed by atoms with E-state index in [2.05, 4.69) is 10.6 Å². The molecule has 2 aromatic carbocycles. The largest absolute Gasteiger partial charge is 0.508 e. The van der Waals surface area contributed by atoms with Crippen molar-refractivity contribution in [2.45, 2.75) is 62.9 Å². The summed E-state index contributed by atoms with van der Waals surface area (Å²) in [5, 5.41) is 27.3. The second kappa shape index (κ2) is 10.6. The number of nitrogens with zero attached hydrogens (tertiary/aromatic N) is 3. The molecule has 3 aliphatic heterocycles. The Morgan fingerprint density at radius 3 is 2.57 bits per heavy atom. The highest BCUT2D eigenvalue weighted by molar-refractivity contribution is 5.92. The number of fused-ring (bicyclic) bond motifs is 1. The van der Waals surface area contributed by atoms with E-state index in [0.29, 0.717) is 45.3 Å². The molecule has 2 aromatic rings. The zero-order chi connectivity index (χ0) is 26.0. The number of urea groups is 2. The molecule has 2 unspecified atom stereocenters. The Morgan fingerprint density at radius 2 is 1.81 bits per heavy atom. The minimum absolute atomic E-state index is 0.0676. The normalized spacial score (nSPS) is 25.2. The monoisotopic (exact) mass is 507 g/mol. The third-order valence-electron chi connectivity index (χ3n) is 8.16. The van der Waals surface area contributed by atoms with E-state index in [-0.39, 0.29) is 23.9 Å². The molecule has 9 heteroatoms. The standard InChI is InChI=1S/C28H37N5O4/c1-31-15-5-4-14-28(25(31)35,18-20-8-10-23(34)11-9-20)30-27(37)32-16-12-22(13-17-32)33-19-21-6-2-3-7-24(21)29-26(33)36/h2-3,6-11,22,25,34-35H,4-5,12-19H2,1H3,(H,29,36)(H,30,37). The predicted molar refractivity (Wildman–Crippen MR) is 141 cm³/mol. The average Bonchev–Trinajstić information content (AvgIpc) is 3.03. The highest BCUT2D eigenvalue weighted by Crippen LogP contribution is 2.31. The number of phenolic OH excluding ortho intramolecular Hbond substituents is 1. The van der Waals surface area contributed by atoms with Crippen molar-refractivity contribution in [3.63, 3.8) is 0 Å². The van der Waals surface area contributed by atoms with Gasteiger partial charge in [0.2, 0.25) is 0 Å². The Labute approximate surface area is 218 Å². The smallest absolute Gasteiger partial charge is 0.322 e. The number of likely N-dealkylation sites (tertiary alicyclic amines) is 2. The molecule has 0 saturated carbocycles. The van der Waals surface area contributed by atoms with Gasteiger partial charge in [0.15, 0.2) is 0 Å². The van der Waals surface area contributed by atoms with Crippen LogP contribution in [-0.2, 0) is 13.0 Å². The van der Waals surface area contributed by atoms with Crippen LogP contribution in [0.5, 0.6) is 5.75 Å². The number of amides is 4. The highest BCUT2D eigenvalue weighted by atomic mass is 16.3. The molecule has 2 fully saturated rings. The number of nitrogens with one attached hydrogen (secondary N) is 2. The first-order chi connectivity index (χ1) is 17.8. The number of aromatic hydroxyl groups is 1. The fourth-order valence-corrected chi connectivity index (χ4v) is 5.99. The lowest BCUT2D eigenvalue weighted by Gasteiger charge is -2.44. The van der Waals surface area contributed by atoms with Crippen LogP contribution in [0.15, 0.2) is 48.5 Å². The van der Waals surface area contributed by atoms with Gasteiger partial charge in [-0.05, 0) is 74.9 Å². The number of rotatable bonds is 4. The van der Waals surface area contributed by atoms with Crippen LogP contribution in [0.4, 0.5) is 15.3 Å². The number of phenols is 1. The van der Waals surface area contributed by atoms with Crippen molar-refractivity contribution in [1.82, 2.24) is 20.0 Å². The Bertz CT molecular complexity index is 1120. The van der Waals surface area contributed by atoms with Gasteiger partial charge in [0.05, 0.1) is 5.54 Å². The number of aliphatic hydroxyl groups is 1. The van der Waals surface area contributed by atoms with Crippen LogP contribution in [0.1, 0.15) is 43.2 Å². The van der Waals surface area contributed by atoms with Gasteiger partial charge in [-0.3, -0.25) is 4.90 Å². The molecule has 5 rings (SSSR count). The van der Waals surface area contributed by atoms with Crippen LogP contribution in [0.3, 0.4) is 0 Å². The summed E-state index contributed by atoms with van der Waals surface area (Å²) in [6.07, 6.45) is 3.55. The van der Waals surface area contributed by atoms with Gasteiger partial charge < -0.3 is 30.6 Å². The van der Waals surface area contributed by atoms with Gasteiger partial charge in [-0.2, -0.15) is 0 Å². The van der Waals surface area contributed by atoms with Gasteiger partial charge in [-0.25, -0.2) is 9.59 Å². The second-order valence-corrected chi connectivity index (χ2v) is 10.7. The SMILES string of the molecule is CN1CCCCC(Cc2ccc(O)cc2)(NC(=O)N2CCC(N3Cc4ccccc4NC3=O)CC2)C1O. The summed E-state index contributed by atoms with van der Waals surface area (Å²) in [6, 6.07) is 14.6. The zero-order valence-electron chi connectivity index (χ0n) is 21.4. The maximum atomic E-state index is 13.5. The number of hydrogen-bond donors (Lipinski definition) is 4. The molecule has 2 atom stereocenters. The number of piperidine rings is 1. The van der Waals surface area contributed by atoms with Crippen LogP contribution in [0.2, 0.25) is 0 Å². The molecule has 198 valence electrons. The van der Waals surface area contributed by atoms with Gasteiger partial charge >= 0.3 is 12.1 Å². The molecule has 0 aromatic heterocycles. The minimum atomic E-state index is -0.841. The molecular formula is C28H37N5O4. The number of hydrogen-bond acceptors (Lipinski definition) is 5. The molecule has 0 spiro atoms. The quantitative estimate of drug-likeness (QED) is 0.508. The highest BCUT2D eigenvalue weighted by Gasteiger charge is 2.44. The van der Waals surface area contributed by atoms with Crippen LogP contribution < -0.4 is 10.6 Å². The molecule has 4 N–H and O–H groups in total. The van der Waals surface area contributed by atoms with Gasteiger partial charge in [0.1, 0.15) is 12.0 Å². The Morgan fingerprint density at radius 1 is 1.08 bits per heavy atom.